The zero-order valence-corrected chi connectivity index (χ0v) is 11.2. The van der Waals surface area contributed by atoms with Crippen LogP contribution in [0, 0.1) is 17.0 Å². The van der Waals surface area contributed by atoms with E-state index in [1.165, 1.54) is 6.07 Å². The molecule has 2 aromatic rings. The SMILES string of the molecule is Cc1ccc(C(=O)CCc2ccccc2)cc1[N+](=O)[O-]. The first kappa shape index (κ1) is 13.9. The third kappa shape index (κ3) is 3.29. The molecule has 4 nitrogen and oxygen atoms in total. The van der Waals surface area contributed by atoms with E-state index in [9.17, 15) is 14.9 Å². The molecule has 4 heteroatoms. The van der Waals surface area contributed by atoms with Crippen molar-refractivity contribution in [3.05, 3.63) is 75.3 Å². The second-order valence-electron chi connectivity index (χ2n) is 4.67. The second kappa shape index (κ2) is 6.10. The normalized spacial score (nSPS) is 10.2. The molecule has 102 valence electrons. The van der Waals surface area contributed by atoms with Crippen LogP contribution < -0.4 is 0 Å². The van der Waals surface area contributed by atoms with E-state index in [1.54, 1.807) is 19.1 Å². The van der Waals surface area contributed by atoms with Gasteiger partial charge in [-0.3, -0.25) is 14.9 Å². The Bertz CT molecular complexity index is 635. The lowest BCUT2D eigenvalue weighted by atomic mass is 10.0. The number of carbonyl (C=O) groups is 1. The number of nitrogens with zero attached hydrogens (tertiary/aromatic N) is 1. The van der Waals surface area contributed by atoms with Crippen LogP contribution in [0.1, 0.15) is 27.9 Å². The summed E-state index contributed by atoms with van der Waals surface area (Å²) in [4.78, 5) is 22.5. The van der Waals surface area contributed by atoms with E-state index < -0.39 is 4.92 Å². The van der Waals surface area contributed by atoms with Crippen molar-refractivity contribution in [3.63, 3.8) is 0 Å². The van der Waals surface area contributed by atoms with E-state index >= 15 is 0 Å². The van der Waals surface area contributed by atoms with Gasteiger partial charge >= 0.3 is 0 Å². The number of benzene rings is 2. The molecule has 0 fully saturated rings. The molecule has 0 spiro atoms. The summed E-state index contributed by atoms with van der Waals surface area (Å²) < 4.78 is 0. The standard InChI is InChI=1S/C16H15NO3/c1-12-7-9-14(11-15(12)17(19)20)16(18)10-8-13-5-3-2-4-6-13/h2-7,9,11H,8,10H2,1H3. The molecule has 0 aliphatic carbocycles. The van der Waals surface area contributed by atoms with Crippen molar-refractivity contribution in [1.29, 1.82) is 0 Å². The van der Waals surface area contributed by atoms with Gasteiger partial charge in [0.05, 0.1) is 4.92 Å². The highest BCUT2D eigenvalue weighted by molar-refractivity contribution is 5.96. The molecule has 0 aromatic heterocycles. The zero-order chi connectivity index (χ0) is 14.5. The minimum Gasteiger partial charge on any atom is -0.294 e. The van der Waals surface area contributed by atoms with Crippen molar-refractivity contribution >= 4 is 11.5 Å². The number of hydrogen-bond donors (Lipinski definition) is 0. The predicted molar refractivity (Wildman–Crippen MR) is 76.9 cm³/mol. The summed E-state index contributed by atoms with van der Waals surface area (Å²) in [7, 11) is 0. The topological polar surface area (TPSA) is 60.2 Å². The average Bonchev–Trinajstić information content (AvgIpc) is 2.46. The van der Waals surface area contributed by atoms with Crippen molar-refractivity contribution < 1.29 is 9.72 Å². The van der Waals surface area contributed by atoms with E-state index in [0.29, 0.717) is 24.0 Å². The quantitative estimate of drug-likeness (QED) is 0.472. The molecular formula is C16H15NO3. The maximum atomic E-state index is 12.1. The van der Waals surface area contributed by atoms with Crippen LogP contribution in [0.5, 0.6) is 0 Å². The summed E-state index contributed by atoms with van der Waals surface area (Å²) in [6.07, 6.45) is 0.992. The van der Waals surface area contributed by atoms with E-state index in [0.717, 1.165) is 5.56 Å². The van der Waals surface area contributed by atoms with Crippen LogP contribution in [0.3, 0.4) is 0 Å². The summed E-state index contributed by atoms with van der Waals surface area (Å²) in [6.45, 7) is 1.66. The third-order valence-electron chi connectivity index (χ3n) is 3.21. The number of hydrogen-bond acceptors (Lipinski definition) is 3. The Morgan fingerprint density at radius 3 is 2.50 bits per heavy atom. The predicted octanol–water partition coefficient (Wildman–Crippen LogP) is 3.72. The molecule has 20 heavy (non-hydrogen) atoms. The molecule has 0 radical (unpaired) electrons. The summed E-state index contributed by atoms with van der Waals surface area (Å²) in [6, 6.07) is 14.3. The van der Waals surface area contributed by atoms with Gasteiger partial charge in [-0.1, -0.05) is 42.5 Å². The van der Waals surface area contributed by atoms with Crippen LogP contribution in [-0.2, 0) is 6.42 Å². The van der Waals surface area contributed by atoms with Crippen LogP contribution >= 0.6 is 0 Å². The first-order valence-electron chi connectivity index (χ1n) is 6.40. The Morgan fingerprint density at radius 1 is 1.15 bits per heavy atom. The monoisotopic (exact) mass is 269 g/mol. The van der Waals surface area contributed by atoms with Crippen LogP contribution in [0.25, 0.3) is 0 Å². The van der Waals surface area contributed by atoms with Gasteiger partial charge in [-0.2, -0.15) is 0 Å². The summed E-state index contributed by atoms with van der Waals surface area (Å²) in [5.74, 6) is -0.0723. The van der Waals surface area contributed by atoms with Gasteiger partial charge < -0.3 is 0 Å². The molecule has 2 aromatic carbocycles. The highest BCUT2D eigenvalue weighted by atomic mass is 16.6. The first-order chi connectivity index (χ1) is 9.58. The van der Waals surface area contributed by atoms with Gasteiger partial charge in [0.15, 0.2) is 5.78 Å². The molecule has 2 rings (SSSR count). The Kier molecular flexibility index (Phi) is 4.25. The average molecular weight is 269 g/mol. The third-order valence-corrected chi connectivity index (χ3v) is 3.21. The van der Waals surface area contributed by atoms with Crippen LogP contribution in [-0.4, -0.2) is 10.7 Å². The second-order valence-corrected chi connectivity index (χ2v) is 4.67. The Balaban J connectivity index is 2.10. The summed E-state index contributed by atoms with van der Waals surface area (Å²) in [5.41, 5.74) is 2.05. The minimum atomic E-state index is -0.455. The number of Topliss-reactive ketones (excluding diaryl/α,β-unsaturated/α-hetero) is 1. The van der Waals surface area contributed by atoms with Gasteiger partial charge in [-0.15, -0.1) is 0 Å². The molecule has 0 amide bonds. The van der Waals surface area contributed by atoms with Gasteiger partial charge in [-0.25, -0.2) is 0 Å². The highest BCUT2D eigenvalue weighted by Crippen LogP contribution is 2.20. The molecule has 0 aliphatic rings. The zero-order valence-electron chi connectivity index (χ0n) is 11.2. The van der Waals surface area contributed by atoms with Gasteiger partial charge in [0, 0.05) is 23.6 Å². The lowest BCUT2D eigenvalue weighted by molar-refractivity contribution is -0.385. The Hall–Kier alpha value is -2.49. The molecule has 0 aliphatic heterocycles. The summed E-state index contributed by atoms with van der Waals surface area (Å²) >= 11 is 0. The smallest absolute Gasteiger partial charge is 0.273 e. The van der Waals surface area contributed by atoms with E-state index in [4.69, 9.17) is 0 Å². The fourth-order valence-corrected chi connectivity index (χ4v) is 2.03. The van der Waals surface area contributed by atoms with E-state index in [-0.39, 0.29) is 11.5 Å². The minimum absolute atomic E-state index is 0.00411. The maximum absolute atomic E-state index is 12.1. The number of nitro benzene ring substituents is 1. The van der Waals surface area contributed by atoms with Crippen molar-refractivity contribution in [2.75, 3.05) is 0 Å². The Morgan fingerprint density at radius 2 is 1.85 bits per heavy atom. The van der Waals surface area contributed by atoms with Gasteiger partial charge in [0.25, 0.3) is 5.69 Å². The Labute approximate surface area is 117 Å². The van der Waals surface area contributed by atoms with Gasteiger partial charge in [-0.05, 0) is 18.9 Å². The lowest BCUT2D eigenvalue weighted by Crippen LogP contribution is -2.03. The highest BCUT2D eigenvalue weighted by Gasteiger charge is 2.14. The largest absolute Gasteiger partial charge is 0.294 e. The van der Waals surface area contributed by atoms with E-state index in [2.05, 4.69) is 0 Å². The van der Waals surface area contributed by atoms with Crippen molar-refractivity contribution in [2.24, 2.45) is 0 Å². The van der Waals surface area contributed by atoms with Crippen molar-refractivity contribution in [2.45, 2.75) is 19.8 Å². The fraction of sp³-hybridized carbons (Fsp3) is 0.188. The van der Waals surface area contributed by atoms with Gasteiger partial charge in [0.1, 0.15) is 0 Å². The number of rotatable bonds is 5. The number of aryl methyl sites for hydroxylation is 2. The lowest BCUT2D eigenvalue weighted by Gasteiger charge is -2.03. The molecule has 0 heterocycles. The molecule has 0 atom stereocenters. The molecule has 0 bridgehead atoms. The van der Waals surface area contributed by atoms with Crippen molar-refractivity contribution in [1.82, 2.24) is 0 Å². The molecular weight excluding hydrogens is 254 g/mol. The number of nitro groups is 1. The molecule has 0 saturated carbocycles. The van der Waals surface area contributed by atoms with Crippen LogP contribution in [0.4, 0.5) is 5.69 Å². The van der Waals surface area contributed by atoms with E-state index in [1.807, 2.05) is 30.3 Å². The molecule has 0 unspecified atom stereocenters. The van der Waals surface area contributed by atoms with Gasteiger partial charge in [0.2, 0.25) is 0 Å². The molecule has 0 saturated heterocycles. The van der Waals surface area contributed by atoms with Crippen molar-refractivity contribution in [3.8, 4) is 0 Å². The first-order valence-corrected chi connectivity index (χ1v) is 6.40. The summed E-state index contributed by atoms with van der Waals surface area (Å²) in [5, 5.41) is 10.9. The fourth-order valence-electron chi connectivity index (χ4n) is 2.03. The molecule has 0 N–H and O–H groups in total. The number of carbonyl (C=O) groups excluding carboxylic acids is 1. The maximum Gasteiger partial charge on any atom is 0.273 e. The van der Waals surface area contributed by atoms with Crippen LogP contribution in [0.15, 0.2) is 48.5 Å². The van der Waals surface area contributed by atoms with Crippen LogP contribution in [0.2, 0.25) is 0 Å². The number of ketones is 1.